The van der Waals surface area contributed by atoms with Gasteiger partial charge in [0.2, 0.25) is 0 Å². The van der Waals surface area contributed by atoms with E-state index in [-0.39, 0.29) is 5.82 Å². The summed E-state index contributed by atoms with van der Waals surface area (Å²) in [5.41, 5.74) is 7.51. The molecule has 3 nitrogen and oxygen atoms in total. The van der Waals surface area contributed by atoms with Gasteiger partial charge in [0, 0.05) is 6.42 Å². The SMILES string of the molecule is COc1ccc(CCOc2ccc(F)cc2CCN)cc1. The second kappa shape index (κ2) is 7.64. The first kappa shape index (κ1) is 15.3. The molecule has 0 fully saturated rings. The van der Waals surface area contributed by atoms with Crippen LogP contribution in [0.25, 0.3) is 0 Å². The van der Waals surface area contributed by atoms with Gasteiger partial charge in [0.15, 0.2) is 0 Å². The van der Waals surface area contributed by atoms with Crippen molar-refractivity contribution >= 4 is 0 Å². The molecule has 2 rings (SSSR count). The fraction of sp³-hybridized carbons (Fsp3) is 0.294. The highest BCUT2D eigenvalue weighted by Gasteiger charge is 2.05. The van der Waals surface area contributed by atoms with Gasteiger partial charge in [-0.1, -0.05) is 12.1 Å². The molecule has 0 aromatic heterocycles. The van der Waals surface area contributed by atoms with Crippen LogP contribution in [0.5, 0.6) is 11.5 Å². The molecular weight excluding hydrogens is 269 g/mol. The Bertz CT molecular complexity index is 570. The molecule has 0 heterocycles. The number of nitrogens with two attached hydrogens (primary N) is 1. The molecule has 0 spiro atoms. The molecule has 2 aromatic carbocycles. The van der Waals surface area contributed by atoms with E-state index in [1.807, 2.05) is 24.3 Å². The van der Waals surface area contributed by atoms with Crippen molar-refractivity contribution in [1.29, 1.82) is 0 Å². The molecule has 0 saturated carbocycles. The Morgan fingerprint density at radius 2 is 1.81 bits per heavy atom. The number of ether oxygens (including phenoxy) is 2. The monoisotopic (exact) mass is 289 g/mol. The van der Waals surface area contributed by atoms with Crippen molar-refractivity contribution in [2.45, 2.75) is 12.8 Å². The van der Waals surface area contributed by atoms with E-state index in [4.69, 9.17) is 15.2 Å². The highest BCUT2D eigenvalue weighted by atomic mass is 19.1. The van der Waals surface area contributed by atoms with Gasteiger partial charge in [-0.2, -0.15) is 0 Å². The van der Waals surface area contributed by atoms with Crippen molar-refractivity contribution in [2.24, 2.45) is 5.73 Å². The molecular formula is C17H20FNO2. The highest BCUT2D eigenvalue weighted by molar-refractivity contribution is 5.34. The average Bonchev–Trinajstić information content (AvgIpc) is 2.50. The quantitative estimate of drug-likeness (QED) is 0.852. The summed E-state index contributed by atoms with van der Waals surface area (Å²) in [5.74, 6) is 1.28. The molecule has 0 radical (unpaired) electrons. The fourth-order valence-electron chi connectivity index (χ4n) is 2.11. The van der Waals surface area contributed by atoms with Crippen molar-refractivity contribution < 1.29 is 13.9 Å². The molecule has 0 aliphatic rings. The Kier molecular flexibility index (Phi) is 5.58. The molecule has 2 N–H and O–H groups in total. The van der Waals surface area contributed by atoms with Crippen LogP contribution in [0.3, 0.4) is 0 Å². The first-order chi connectivity index (χ1) is 10.2. The lowest BCUT2D eigenvalue weighted by atomic mass is 10.1. The van der Waals surface area contributed by atoms with Gasteiger partial charge in [0.1, 0.15) is 17.3 Å². The summed E-state index contributed by atoms with van der Waals surface area (Å²) >= 11 is 0. The van der Waals surface area contributed by atoms with Crippen LogP contribution in [0, 0.1) is 5.82 Å². The maximum Gasteiger partial charge on any atom is 0.123 e. The molecule has 0 atom stereocenters. The van der Waals surface area contributed by atoms with Crippen molar-refractivity contribution in [3.8, 4) is 11.5 Å². The predicted octanol–water partition coefficient (Wildman–Crippen LogP) is 2.96. The summed E-state index contributed by atoms with van der Waals surface area (Å²) in [4.78, 5) is 0. The molecule has 0 aliphatic heterocycles. The number of halogens is 1. The summed E-state index contributed by atoms with van der Waals surface area (Å²) in [5, 5.41) is 0. The van der Waals surface area contributed by atoms with Crippen molar-refractivity contribution in [2.75, 3.05) is 20.3 Å². The van der Waals surface area contributed by atoms with Gasteiger partial charge in [-0.05, 0) is 54.4 Å². The zero-order valence-corrected chi connectivity index (χ0v) is 12.1. The third kappa shape index (κ3) is 4.46. The van der Waals surface area contributed by atoms with Crippen LogP contribution >= 0.6 is 0 Å². The normalized spacial score (nSPS) is 10.4. The zero-order valence-electron chi connectivity index (χ0n) is 12.1. The van der Waals surface area contributed by atoms with E-state index in [1.165, 1.54) is 17.7 Å². The first-order valence-corrected chi connectivity index (χ1v) is 6.97. The minimum atomic E-state index is -0.263. The van der Waals surface area contributed by atoms with Crippen LogP contribution in [-0.2, 0) is 12.8 Å². The lowest BCUT2D eigenvalue weighted by molar-refractivity contribution is 0.318. The van der Waals surface area contributed by atoms with Crippen LogP contribution in [0.4, 0.5) is 4.39 Å². The van der Waals surface area contributed by atoms with Gasteiger partial charge in [-0.3, -0.25) is 0 Å². The Hall–Kier alpha value is -2.07. The Balaban J connectivity index is 1.93. The van der Waals surface area contributed by atoms with Crippen LogP contribution < -0.4 is 15.2 Å². The van der Waals surface area contributed by atoms with Gasteiger partial charge < -0.3 is 15.2 Å². The molecule has 112 valence electrons. The van der Waals surface area contributed by atoms with E-state index in [0.717, 1.165) is 17.7 Å². The number of methoxy groups -OCH3 is 1. The van der Waals surface area contributed by atoms with Crippen LogP contribution in [0.1, 0.15) is 11.1 Å². The molecule has 2 aromatic rings. The minimum absolute atomic E-state index is 0.263. The lowest BCUT2D eigenvalue weighted by Gasteiger charge is -2.11. The van der Waals surface area contributed by atoms with Crippen LogP contribution in [-0.4, -0.2) is 20.3 Å². The average molecular weight is 289 g/mol. The molecule has 4 heteroatoms. The molecule has 0 aliphatic carbocycles. The second-order valence-electron chi connectivity index (χ2n) is 4.74. The zero-order chi connectivity index (χ0) is 15.1. The van der Waals surface area contributed by atoms with E-state index in [9.17, 15) is 4.39 Å². The van der Waals surface area contributed by atoms with E-state index in [2.05, 4.69) is 0 Å². The summed E-state index contributed by atoms with van der Waals surface area (Å²) < 4.78 is 24.1. The summed E-state index contributed by atoms with van der Waals surface area (Å²) in [6.07, 6.45) is 1.39. The molecule has 21 heavy (non-hydrogen) atoms. The maximum absolute atomic E-state index is 13.2. The maximum atomic E-state index is 13.2. The third-order valence-electron chi connectivity index (χ3n) is 3.24. The van der Waals surface area contributed by atoms with Gasteiger partial charge >= 0.3 is 0 Å². The second-order valence-corrected chi connectivity index (χ2v) is 4.74. The van der Waals surface area contributed by atoms with Gasteiger partial charge in [0.25, 0.3) is 0 Å². The van der Waals surface area contributed by atoms with E-state index in [0.29, 0.717) is 25.3 Å². The van der Waals surface area contributed by atoms with Gasteiger partial charge in [-0.15, -0.1) is 0 Å². The molecule has 0 amide bonds. The van der Waals surface area contributed by atoms with E-state index >= 15 is 0 Å². The number of rotatable bonds is 7. The Morgan fingerprint density at radius 1 is 1.05 bits per heavy atom. The first-order valence-electron chi connectivity index (χ1n) is 6.97. The third-order valence-corrected chi connectivity index (χ3v) is 3.24. The van der Waals surface area contributed by atoms with Gasteiger partial charge in [0.05, 0.1) is 13.7 Å². The van der Waals surface area contributed by atoms with Crippen molar-refractivity contribution in [3.05, 3.63) is 59.4 Å². The molecule has 0 unspecified atom stereocenters. The topological polar surface area (TPSA) is 44.5 Å². The Morgan fingerprint density at radius 3 is 2.48 bits per heavy atom. The predicted molar refractivity (Wildman–Crippen MR) is 81.4 cm³/mol. The van der Waals surface area contributed by atoms with Gasteiger partial charge in [-0.25, -0.2) is 4.39 Å². The summed E-state index contributed by atoms with van der Waals surface area (Å²) in [6.45, 7) is 1.01. The number of hydrogen-bond donors (Lipinski definition) is 1. The summed E-state index contributed by atoms with van der Waals surface area (Å²) in [7, 11) is 1.64. The molecule has 0 saturated heterocycles. The summed E-state index contributed by atoms with van der Waals surface area (Å²) in [6, 6.07) is 12.4. The van der Waals surface area contributed by atoms with Crippen molar-refractivity contribution in [1.82, 2.24) is 0 Å². The lowest BCUT2D eigenvalue weighted by Crippen LogP contribution is -2.07. The Labute approximate surface area is 124 Å². The smallest absolute Gasteiger partial charge is 0.123 e. The number of benzene rings is 2. The van der Waals surface area contributed by atoms with Crippen LogP contribution in [0.15, 0.2) is 42.5 Å². The largest absolute Gasteiger partial charge is 0.497 e. The highest BCUT2D eigenvalue weighted by Crippen LogP contribution is 2.20. The standard InChI is InChI=1S/C17H20FNO2/c1-20-16-5-2-13(3-6-16)9-11-21-17-7-4-15(18)12-14(17)8-10-19/h2-7,12H,8-11,19H2,1H3. The molecule has 0 bridgehead atoms. The minimum Gasteiger partial charge on any atom is -0.497 e. The van der Waals surface area contributed by atoms with E-state index in [1.54, 1.807) is 13.2 Å². The number of hydrogen-bond acceptors (Lipinski definition) is 3. The van der Waals surface area contributed by atoms with E-state index < -0.39 is 0 Å². The van der Waals surface area contributed by atoms with Crippen molar-refractivity contribution in [3.63, 3.8) is 0 Å². The van der Waals surface area contributed by atoms with Crippen LogP contribution in [0.2, 0.25) is 0 Å². The fourth-order valence-corrected chi connectivity index (χ4v) is 2.11.